The second kappa shape index (κ2) is 9.11. The van der Waals surface area contributed by atoms with Crippen molar-refractivity contribution in [2.45, 2.75) is 25.6 Å². The number of rotatable bonds is 6. The van der Waals surface area contributed by atoms with E-state index in [2.05, 4.69) is 5.32 Å². The van der Waals surface area contributed by atoms with Crippen LogP contribution in [0.2, 0.25) is 5.02 Å². The maximum absolute atomic E-state index is 14.7. The highest BCUT2D eigenvalue weighted by Crippen LogP contribution is 2.36. The van der Waals surface area contributed by atoms with Gasteiger partial charge < -0.3 is 21.1 Å². The van der Waals surface area contributed by atoms with Gasteiger partial charge in [0, 0.05) is 23.4 Å². The number of nitrogens with two attached hydrogens (primary N) is 1. The first-order chi connectivity index (χ1) is 13.1. The number of urea groups is 1. The summed E-state index contributed by atoms with van der Waals surface area (Å²) in [5.41, 5.74) is 6.26. The molecular formula is C18H18ClF4N3O2. The molecule has 0 fully saturated rings. The Morgan fingerprint density at radius 2 is 2.00 bits per heavy atom. The number of alkyl halides is 3. The molecule has 152 valence electrons. The summed E-state index contributed by atoms with van der Waals surface area (Å²) in [7, 11) is 0. The van der Waals surface area contributed by atoms with Crippen molar-refractivity contribution in [3.63, 3.8) is 0 Å². The van der Waals surface area contributed by atoms with Gasteiger partial charge in [0.25, 0.3) is 0 Å². The van der Waals surface area contributed by atoms with Gasteiger partial charge >= 0.3 is 12.2 Å². The normalized spacial score (nSPS) is 12.4. The van der Waals surface area contributed by atoms with E-state index in [0.29, 0.717) is 6.42 Å². The number of nitrogens with one attached hydrogen (secondary N) is 2. The molecule has 0 saturated heterocycles. The summed E-state index contributed by atoms with van der Waals surface area (Å²) in [6, 6.07) is 7.04. The molecule has 0 saturated carbocycles. The average Bonchev–Trinajstić information content (AvgIpc) is 2.63. The fraction of sp³-hybridized carbons (Fsp3) is 0.278. The smallest absolute Gasteiger partial charge is 0.405 e. The lowest BCUT2D eigenvalue weighted by Crippen LogP contribution is -2.36. The van der Waals surface area contributed by atoms with Crippen LogP contribution in [-0.4, -0.2) is 18.8 Å². The standard InChI is InChI=1S/C18H18ClF4N3O2/c1-2-14(24)12-6-7-13(19)16(15(12)20)28-11-5-3-4-10(8-11)26-17(27)25-9-18(21,22)23/h3-8,14H,2,9,24H2,1H3,(H2,25,26,27)/t14-/m1/s1. The predicted molar refractivity (Wildman–Crippen MR) is 98.2 cm³/mol. The topological polar surface area (TPSA) is 76.4 Å². The maximum atomic E-state index is 14.7. The molecule has 2 aromatic rings. The molecule has 0 unspecified atom stereocenters. The molecule has 5 nitrogen and oxygen atoms in total. The Bertz CT molecular complexity index is 846. The minimum Gasteiger partial charge on any atom is -0.453 e. The summed E-state index contributed by atoms with van der Waals surface area (Å²) >= 11 is 6.02. The summed E-state index contributed by atoms with van der Waals surface area (Å²) < 4.78 is 56.6. The van der Waals surface area contributed by atoms with Crippen LogP contribution in [0.15, 0.2) is 36.4 Å². The molecule has 10 heteroatoms. The Labute approximate surface area is 163 Å². The lowest BCUT2D eigenvalue weighted by molar-refractivity contribution is -0.122. The largest absolute Gasteiger partial charge is 0.453 e. The number of halogens is 5. The third kappa shape index (κ3) is 6.00. The Kier molecular flexibility index (Phi) is 7.09. The molecule has 0 heterocycles. The van der Waals surface area contributed by atoms with Gasteiger partial charge in [-0.3, -0.25) is 0 Å². The van der Waals surface area contributed by atoms with Crippen molar-refractivity contribution in [2.75, 3.05) is 11.9 Å². The zero-order chi connectivity index (χ0) is 20.9. The second-order valence-corrected chi connectivity index (χ2v) is 6.25. The van der Waals surface area contributed by atoms with Gasteiger partial charge in [-0.05, 0) is 24.6 Å². The summed E-state index contributed by atoms with van der Waals surface area (Å²) in [4.78, 5) is 11.5. The molecule has 28 heavy (non-hydrogen) atoms. The Morgan fingerprint density at radius 3 is 2.64 bits per heavy atom. The maximum Gasteiger partial charge on any atom is 0.405 e. The second-order valence-electron chi connectivity index (χ2n) is 5.85. The molecule has 0 aliphatic heterocycles. The van der Waals surface area contributed by atoms with Crippen molar-refractivity contribution in [3.8, 4) is 11.5 Å². The van der Waals surface area contributed by atoms with E-state index < -0.39 is 30.6 Å². The van der Waals surface area contributed by atoms with Gasteiger partial charge in [-0.25, -0.2) is 9.18 Å². The minimum atomic E-state index is -4.53. The van der Waals surface area contributed by atoms with Crippen LogP contribution in [0.3, 0.4) is 0 Å². The molecule has 0 aromatic heterocycles. The molecule has 1 atom stereocenters. The molecule has 4 N–H and O–H groups in total. The quantitative estimate of drug-likeness (QED) is 0.551. The van der Waals surface area contributed by atoms with Gasteiger partial charge in [-0.2, -0.15) is 13.2 Å². The first kappa shape index (κ1) is 21.8. The van der Waals surface area contributed by atoms with Crippen molar-refractivity contribution in [2.24, 2.45) is 5.73 Å². The van der Waals surface area contributed by atoms with Crippen LogP contribution in [-0.2, 0) is 0 Å². The van der Waals surface area contributed by atoms with E-state index in [9.17, 15) is 22.4 Å². The fourth-order valence-corrected chi connectivity index (χ4v) is 2.44. The average molecular weight is 420 g/mol. The van der Waals surface area contributed by atoms with Crippen LogP contribution < -0.4 is 21.1 Å². The lowest BCUT2D eigenvalue weighted by Gasteiger charge is -2.16. The monoisotopic (exact) mass is 419 g/mol. The zero-order valence-corrected chi connectivity index (χ0v) is 15.5. The highest BCUT2D eigenvalue weighted by atomic mass is 35.5. The molecule has 0 aliphatic rings. The number of amides is 2. The molecule has 2 rings (SSSR count). The Morgan fingerprint density at radius 1 is 1.29 bits per heavy atom. The number of carbonyl (C=O) groups excluding carboxylic acids is 1. The van der Waals surface area contributed by atoms with E-state index in [1.165, 1.54) is 36.4 Å². The SMILES string of the molecule is CC[C@@H](N)c1ccc(Cl)c(Oc2cccc(NC(=O)NCC(F)(F)F)c2)c1F. The van der Waals surface area contributed by atoms with E-state index in [4.69, 9.17) is 22.1 Å². The van der Waals surface area contributed by atoms with E-state index >= 15 is 0 Å². The predicted octanol–water partition coefficient (Wildman–Crippen LogP) is 5.37. The van der Waals surface area contributed by atoms with Crippen LogP contribution in [0.1, 0.15) is 24.9 Å². The van der Waals surface area contributed by atoms with Crippen molar-refractivity contribution in [3.05, 3.63) is 52.8 Å². The molecule has 0 radical (unpaired) electrons. The highest BCUT2D eigenvalue weighted by molar-refractivity contribution is 6.32. The summed E-state index contributed by atoms with van der Waals surface area (Å²) in [5, 5.41) is 3.93. The summed E-state index contributed by atoms with van der Waals surface area (Å²) in [5.74, 6) is -0.818. The number of hydrogen-bond donors (Lipinski definition) is 3. The Balaban J connectivity index is 2.16. The van der Waals surface area contributed by atoms with E-state index in [-0.39, 0.29) is 27.8 Å². The third-order valence-electron chi connectivity index (χ3n) is 3.68. The number of anilines is 1. The van der Waals surface area contributed by atoms with Gasteiger partial charge in [0.05, 0.1) is 5.02 Å². The fourth-order valence-electron chi connectivity index (χ4n) is 2.26. The van der Waals surface area contributed by atoms with Gasteiger partial charge in [0.1, 0.15) is 12.3 Å². The van der Waals surface area contributed by atoms with Crippen molar-refractivity contribution >= 4 is 23.3 Å². The summed E-state index contributed by atoms with van der Waals surface area (Å²) in [6.07, 6.45) is -4.02. The first-order valence-electron chi connectivity index (χ1n) is 8.23. The van der Waals surface area contributed by atoms with Gasteiger partial charge in [-0.15, -0.1) is 0 Å². The first-order valence-corrected chi connectivity index (χ1v) is 8.61. The van der Waals surface area contributed by atoms with Crippen LogP contribution in [0.4, 0.5) is 28.0 Å². The third-order valence-corrected chi connectivity index (χ3v) is 3.98. The minimum absolute atomic E-state index is 0.0193. The van der Waals surface area contributed by atoms with Crippen LogP contribution in [0.5, 0.6) is 11.5 Å². The van der Waals surface area contributed by atoms with Gasteiger partial charge in [-0.1, -0.05) is 30.7 Å². The van der Waals surface area contributed by atoms with E-state index in [1.54, 1.807) is 12.2 Å². The van der Waals surface area contributed by atoms with Gasteiger partial charge in [0.15, 0.2) is 11.6 Å². The van der Waals surface area contributed by atoms with Gasteiger partial charge in [0.2, 0.25) is 0 Å². The van der Waals surface area contributed by atoms with Crippen molar-refractivity contribution in [1.82, 2.24) is 5.32 Å². The zero-order valence-electron chi connectivity index (χ0n) is 14.7. The van der Waals surface area contributed by atoms with E-state index in [1.807, 2.05) is 0 Å². The molecular weight excluding hydrogens is 402 g/mol. The lowest BCUT2D eigenvalue weighted by atomic mass is 10.0. The van der Waals surface area contributed by atoms with Crippen molar-refractivity contribution < 1.29 is 27.1 Å². The number of hydrogen-bond acceptors (Lipinski definition) is 3. The number of benzene rings is 2. The molecule has 2 aromatic carbocycles. The molecule has 0 bridgehead atoms. The number of ether oxygens (including phenoxy) is 1. The van der Waals surface area contributed by atoms with Crippen molar-refractivity contribution in [1.29, 1.82) is 0 Å². The molecule has 0 spiro atoms. The molecule has 0 aliphatic carbocycles. The van der Waals surface area contributed by atoms with Crippen LogP contribution in [0, 0.1) is 5.82 Å². The highest BCUT2D eigenvalue weighted by Gasteiger charge is 2.27. The van der Waals surface area contributed by atoms with E-state index in [0.717, 1.165) is 0 Å². The molecule has 2 amide bonds. The summed E-state index contributed by atoms with van der Waals surface area (Å²) in [6.45, 7) is 0.332. The number of carbonyl (C=O) groups is 1. The van der Waals surface area contributed by atoms with Crippen LogP contribution in [0.25, 0.3) is 0 Å². The Hall–Kier alpha value is -2.52. The van der Waals surface area contributed by atoms with Crippen LogP contribution >= 0.6 is 11.6 Å².